The average molecular weight is 381 g/mol. The molecule has 1 saturated heterocycles. The average Bonchev–Trinajstić information content (AvgIpc) is 3.06. The third kappa shape index (κ3) is 5.33. The van der Waals surface area contributed by atoms with Crippen LogP contribution in [-0.4, -0.2) is 54.5 Å². The molecule has 146 valence electrons. The summed E-state index contributed by atoms with van der Waals surface area (Å²) < 4.78 is 47.8. The molecule has 27 heavy (non-hydrogen) atoms. The molecule has 1 fully saturated rings. The molecular weight excluding hydrogens is 359 g/mol. The number of hydrogen-bond donors (Lipinski definition) is 0. The molecule has 0 amide bonds. The van der Waals surface area contributed by atoms with Crippen LogP contribution in [0.15, 0.2) is 41.4 Å². The lowest BCUT2D eigenvalue weighted by molar-refractivity contribution is -0.274. The molecule has 0 bridgehead atoms. The summed E-state index contributed by atoms with van der Waals surface area (Å²) in [5.41, 5.74) is 1.39. The van der Waals surface area contributed by atoms with E-state index in [1.165, 1.54) is 6.07 Å². The van der Waals surface area contributed by atoms with Crippen molar-refractivity contribution in [3.63, 3.8) is 0 Å². The number of halogens is 3. The zero-order valence-corrected chi connectivity index (χ0v) is 15.1. The summed E-state index contributed by atoms with van der Waals surface area (Å²) in [7, 11) is 2.07. The summed E-state index contributed by atoms with van der Waals surface area (Å²) in [6.45, 7) is 7.98. The molecule has 0 N–H and O–H groups in total. The Balaban J connectivity index is 1.82. The molecule has 1 aromatic heterocycles. The fourth-order valence-electron chi connectivity index (χ4n) is 3.03. The topological polar surface area (TPSA) is 41.7 Å². The fourth-order valence-corrected chi connectivity index (χ4v) is 3.03. The van der Waals surface area contributed by atoms with Gasteiger partial charge < -0.3 is 14.2 Å². The van der Waals surface area contributed by atoms with Gasteiger partial charge in [0, 0.05) is 37.8 Å². The molecule has 0 unspecified atom stereocenters. The Morgan fingerprint density at radius 1 is 1.22 bits per heavy atom. The quantitative estimate of drug-likeness (QED) is 0.714. The van der Waals surface area contributed by atoms with Crippen molar-refractivity contribution in [2.45, 2.75) is 19.3 Å². The summed E-state index contributed by atoms with van der Waals surface area (Å²) >= 11 is 0. The van der Waals surface area contributed by atoms with Gasteiger partial charge in [0.1, 0.15) is 11.4 Å². The number of likely N-dealkylation sites (N-methyl/N-ethyl adjacent to an activating group) is 1. The summed E-state index contributed by atoms with van der Waals surface area (Å²) in [5, 5.41) is 3.97. The second kappa shape index (κ2) is 8.14. The molecule has 0 aliphatic carbocycles. The maximum Gasteiger partial charge on any atom is 0.573 e. The number of aromatic nitrogens is 1. The zero-order valence-electron chi connectivity index (χ0n) is 15.1. The lowest BCUT2D eigenvalue weighted by atomic mass is 10.0. The Bertz CT molecular complexity index is 781. The number of piperazine rings is 1. The molecule has 0 saturated carbocycles. The van der Waals surface area contributed by atoms with Gasteiger partial charge in [-0.3, -0.25) is 4.90 Å². The molecule has 0 spiro atoms. The van der Waals surface area contributed by atoms with E-state index in [4.69, 9.17) is 4.52 Å². The van der Waals surface area contributed by atoms with Crippen molar-refractivity contribution in [1.82, 2.24) is 15.0 Å². The first-order valence-corrected chi connectivity index (χ1v) is 8.70. The van der Waals surface area contributed by atoms with Crippen molar-refractivity contribution in [3.05, 3.63) is 48.2 Å². The monoisotopic (exact) mass is 381 g/mol. The van der Waals surface area contributed by atoms with Crippen LogP contribution >= 0.6 is 0 Å². The third-order valence-corrected chi connectivity index (χ3v) is 4.46. The first-order valence-electron chi connectivity index (χ1n) is 8.70. The van der Waals surface area contributed by atoms with E-state index in [-0.39, 0.29) is 11.3 Å². The largest absolute Gasteiger partial charge is 0.573 e. The number of allylic oxidation sites excluding steroid dienone is 1. The van der Waals surface area contributed by atoms with E-state index in [0.717, 1.165) is 31.7 Å². The molecule has 5 nitrogen and oxygen atoms in total. The van der Waals surface area contributed by atoms with E-state index in [0.29, 0.717) is 24.4 Å². The number of hydrogen-bond acceptors (Lipinski definition) is 5. The van der Waals surface area contributed by atoms with Gasteiger partial charge in [0.05, 0.1) is 6.54 Å². The third-order valence-electron chi connectivity index (χ3n) is 4.46. The molecule has 0 atom stereocenters. The van der Waals surface area contributed by atoms with Crippen LogP contribution in [0.2, 0.25) is 0 Å². The molecule has 3 rings (SSSR count). The predicted octanol–water partition coefficient (Wildman–Crippen LogP) is 3.72. The van der Waals surface area contributed by atoms with Crippen LogP contribution in [0.25, 0.3) is 11.3 Å². The van der Waals surface area contributed by atoms with Gasteiger partial charge in [0.2, 0.25) is 0 Å². The Kier molecular flexibility index (Phi) is 5.86. The van der Waals surface area contributed by atoms with Crippen LogP contribution in [0.5, 0.6) is 5.75 Å². The van der Waals surface area contributed by atoms with Crippen molar-refractivity contribution >= 4 is 0 Å². The van der Waals surface area contributed by atoms with Crippen molar-refractivity contribution in [1.29, 1.82) is 0 Å². The maximum atomic E-state index is 12.7. The summed E-state index contributed by atoms with van der Waals surface area (Å²) in [6.07, 6.45) is -2.56. The van der Waals surface area contributed by atoms with E-state index in [1.54, 1.807) is 24.3 Å². The highest BCUT2D eigenvalue weighted by Gasteiger charge is 2.32. The van der Waals surface area contributed by atoms with E-state index < -0.39 is 6.36 Å². The number of nitrogens with zero attached hydrogens (tertiary/aromatic N) is 3. The minimum absolute atomic E-state index is 0.250. The Labute approximate surface area is 156 Å². The van der Waals surface area contributed by atoms with E-state index in [9.17, 15) is 13.2 Å². The first kappa shape index (κ1) is 19.4. The SMILES string of the molecule is C=CCc1ccc(OC(F)(F)F)c(-c2cc(CN3CCN(C)CC3)on2)c1. The van der Waals surface area contributed by atoms with Gasteiger partial charge in [-0.25, -0.2) is 0 Å². The molecule has 1 aliphatic rings. The summed E-state index contributed by atoms with van der Waals surface area (Å²) in [6, 6.07) is 6.18. The summed E-state index contributed by atoms with van der Waals surface area (Å²) in [4.78, 5) is 4.47. The highest BCUT2D eigenvalue weighted by molar-refractivity contribution is 5.68. The molecule has 2 heterocycles. The lowest BCUT2D eigenvalue weighted by Gasteiger charge is -2.31. The van der Waals surface area contributed by atoms with Gasteiger partial charge >= 0.3 is 6.36 Å². The lowest BCUT2D eigenvalue weighted by Crippen LogP contribution is -2.43. The van der Waals surface area contributed by atoms with Gasteiger partial charge in [0.25, 0.3) is 0 Å². The highest BCUT2D eigenvalue weighted by atomic mass is 19.4. The van der Waals surface area contributed by atoms with Crippen molar-refractivity contribution in [2.75, 3.05) is 33.2 Å². The minimum atomic E-state index is -4.78. The molecule has 2 aromatic rings. The second-order valence-electron chi connectivity index (χ2n) is 6.63. The van der Waals surface area contributed by atoms with Gasteiger partial charge in [0.15, 0.2) is 5.76 Å². The van der Waals surface area contributed by atoms with E-state index in [2.05, 4.69) is 33.3 Å². The first-order chi connectivity index (χ1) is 12.8. The van der Waals surface area contributed by atoms with Crippen LogP contribution in [0.4, 0.5) is 13.2 Å². The number of benzene rings is 1. The van der Waals surface area contributed by atoms with E-state index >= 15 is 0 Å². The number of alkyl halides is 3. The smallest absolute Gasteiger partial charge is 0.405 e. The Hall–Kier alpha value is -2.32. The number of rotatable bonds is 6. The normalized spacial score (nSPS) is 16.4. The van der Waals surface area contributed by atoms with Crippen LogP contribution in [0.1, 0.15) is 11.3 Å². The van der Waals surface area contributed by atoms with E-state index in [1.807, 2.05) is 0 Å². The molecule has 1 aromatic carbocycles. The van der Waals surface area contributed by atoms with Crippen LogP contribution in [0.3, 0.4) is 0 Å². The zero-order chi connectivity index (χ0) is 19.4. The summed E-state index contributed by atoms with van der Waals surface area (Å²) in [5.74, 6) is 0.316. The highest BCUT2D eigenvalue weighted by Crippen LogP contribution is 2.34. The fraction of sp³-hybridized carbons (Fsp3) is 0.421. The van der Waals surface area contributed by atoms with Crippen LogP contribution < -0.4 is 4.74 Å². The second-order valence-corrected chi connectivity index (χ2v) is 6.63. The molecule has 0 radical (unpaired) electrons. The Morgan fingerprint density at radius 2 is 1.96 bits per heavy atom. The minimum Gasteiger partial charge on any atom is -0.405 e. The van der Waals surface area contributed by atoms with Gasteiger partial charge in [-0.1, -0.05) is 17.3 Å². The predicted molar refractivity (Wildman–Crippen MR) is 95.3 cm³/mol. The van der Waals surface area contributed by atoms with Gasteiger partial charge in [-0.2, -0.15) is 0 Å². The van der Waals surface area contributed by atoms with Crippen molar-refractivity contribution in [3.8, 4) is 17.0 Å². The Morgan fingerprint density at radius 3 is 2.63 bits per heavy atom. The van der Waals surface area contributed by atoms with Crippen molar-refractivity contribution in [2.24, 2.45) is 0 Å². The number of ether oxygens (including phenoxy) is 1. The maximum absolute atomic E-state index is 12.7. The van der Waals surface area contributed by atoms with Crippen LogP contribution in [-0.2, 0) is 13.0 Å². The molecule has 8 heteroatoms. The van der Waals surface area contributed by atoms with Crippen molar-refractivity contribution < 1.29 is 22.4 Å². The van der Waals surface area contributed by atoms with Gasteiger partial charge in [-0.05, 0) is 31.2 Å². The molecule has 1 aliphatic heterocycles. The van der Waals surface area contributed by atoms with Gasteiger partial charge in [-0.15, -0.1) is 19.8 Å². The molecular formula is C19H22F3N3O2. The van der Waals surface area contributed by atoms with Crippen LogP contribution in [0, 0.1) is 0 Å². The standard InChI is InChI=1S/C19H22F3N3O2/c1-3-4-14-5-6-18(26-19(20,21)22)16(11-14)17-12-15(27-23-17)13-25-9-7-24(2)8-10-25/h3,5-6,11-12H,1,4,7-10,13H2,2H3.